The van der Waals surface area contributed by atoms with Crippen LogP contribution in [-0.2, 0) is 13.0 Å². The van der Waals surface area contributed by atoms with Crippen LogP contribution >= 0.6 is 0 Å². The third kappa shape index (κ3) is 4.06. The molecule has 1 atom stereocenters. The molecule has 0 aliphatic rings. The molecule has 2 aromatic heterocycles. The van der Waals surface area contributed by atoms with Crippen molar-refractivity contribution in [3.63, 3.8) is 0 Å². The number of carbonyl (C=O) groups is 1. The summed E-state index contributed by atoms with van der Waals surface area (Å²) in [6.45, 7) is 7.15. The summed E-state index contributed by atoms with van der Waals surface area (Å²) < 4.78 is 1.70. The summed E-state index contributed by atoms with van der Waals surface area (Å²) in [5.74, 6) is 0. The fraction of sp³-hybridized carbons (Fsp3) is 0.571. The molecule has 22 heavy (non-hydrogen) atoms. The highest BCUT2D eigenvalue weighted by Crippen LogP contribution is 2.10. The second-order valence-corrected chi connectivity index (χ2v) is 5.55. The number of aromatic amines is 1. The van der Waals surface area contributed by atoms with Crippen molar-refractivity contribution in [2.24, 2.45) is 0 Å². The lowest BCUT2D eigenvalue weighted by molar-refractivity contribution is 0.204. The Morgan fingerprint density at radius 3 is 2.86 bits per heavy atom. The zero-order chi connectivity index (χ0) is 16.1. The fourth-order valence-corrected chi connectivity index (χ4v) is 2.30. The van der Waals surface area contributed by atoms with Crippen molar-refractivity contribution < 1.29 is 4.79 Å². The van der Waals surface area contributed by atoms with Gasteiger partial charge in [-0.05, 0) is 32.8 Å². The lowest BCUT2D eigenvalue weighted by atomic mass is 10.1. The number of rotatable bonds is 6. The van der Waals surface area contributed by atoms with Gasteiger partial charge in [-0.2, -0.15) is 10.2 Å². The molecule has 8 heteroatoms. The Labute approximate surface area is 129 Å². The first kappa shape index (κ1) is 16.0. The third-order valence-electron chi connectivity index (χ3n) is 3.62. The molecule has 2 rings (SSSR count). The minimum atomic E-state index is -0.0913. The highest BCUT2D eigenvalue weighted by atomic mass is 16.2. The summed E-state index contributed by atoms with van der Waals surface area (Å²) in [6.07, 6.45) is 3.91. The van der Waals surface area contributed by atoms with E-state index in [0.717, 1.165) is 17.8 Å². The van der Waals surface area contributed by atoms with Crippen molar-refractivity contribution in [3.8, 4) is 0 Å². The van der Waals surface area contributed by atoms with Crippen molar-refractivity contribution >= 4 is 6.03 Å². The van der Waals surface area contributed by atoms with Gasteiger partial charge >= 0.3 is 6.03 Å². The molecule has 0 radical (unpaired) electrons. The number of aromatic nitrogens is 5. The normalized spacial score (nSPS) is 12.2. The van der Waals surface area contributed by atoms with Gasteiger partial charge in [-0.3, -0.25) is 9.78 Å². The molecule has 0 unspecified atom stereocenters. The predicted octanol–water partition coefficient (Wildman–Crippen LogP) is 0.891. The lowest BCUT2D eigenvalue weighted by Gasteiger charge is -2.21. The highest BCUT2D eigenvalue weighted by molar-refractivity contribution is 5.74. The Kier molecular flexibility index (Phi) is 5.13. The fourth-order valence-electron chi connectivity index (χ4n) is 2.30. The van der Waals surface area contributed by atoms with Gasteiger partial charge in [0.15, 0.2) is 0 Å². The Bertz CT molecular complexity index is 585. The molecule has 120 valence electrons. The van der Waals surface area contributed by atoms with Gasteiger partial charge in [0.1, 0.15) is 12.7 Å². The topological polar surface area (TPSA) is 91.7 Å². The zero-order valence-electron chi connectivity index (χ0n) is 13.5. The monoisotopic (exact) mass is 305 g/mol. The minimum Gasteiger partial charge on any atom is -0.334 e. The van der Waals surface area contributed by atoms with E-state index in [-0.39, 0.29) is 12.1 Å². The Balaban J connectivity index is 1.79. The maximum absolute atomic E-state index is 12.2. The molecule has 0 aromatic carbocycles. The number of amides is 2. The first-order chi connectivity index (χ1) is 10.5. The van der Waals surface area contributed by atoms with E-state index in [1.807, 2.05) is 20.8 Å². The number of nitrogens with zero attached hydrogens (tertiary/aromatic N) is 5. The second kappa shape index (κ2) is 7.06. The summed E-state index contributed by atoms with van der Waals surface area (Å²) in [5.41, 5.74) is 3.23. The van der Waals surface area contributed by atoms with Crippen LogP contribution in [-0.4, -0.2) is 55.5 Å². The number of urea groups is 1. The Morgan fingerprint density at radius 2 is 2.27 bits per heavy atom. The van der Waals surface area contributed by atoms with Crippen LogP contribution in [0.1, 0.15) is 23.9 Å². The summed E-state index contributed by atoms with van der Waals surface area (Å²) in [6, 6.07) is -0.111. The number of H-pyrrole nitrogens is 1. The zero-order valence-corrected chi connectivity index (χ0v) is 13.5. The van der Waals surface area contributed by atoms with E-state index in [1.165, 1.54) is 11.9 Å². The SMILES string of the molecule is Cc1n[nH]c(C)c1CCN(C)C(=O)N[C@@H](C)Cn1cncn1. The number of hydrogen-bond acceptors (Lipinski definition) is 4. The van der Waals surface area contributed by atoms with Gasteiger partial charge in [-0.1, -0.05) is 0 Å². The molecule has 2 amide bonds. The number of likely N-dealkylation sites (N-methyl/N-ethyl adjacent to an activating group) is 1. The van der Waals surface area contributed by atoms with Crippen LogP contribution in [0, 0.1) is 13.8 Å². The molecule has 2 N–H and O–H groups in total. The summed E-state index contributed by atoms with van der Waals surface area (Å²) in [7, 11) is 1.79. The first-order valence-electron chi connectivity index (χ1n) is 7.32. The molecule has 2 heterocycles. The van der Waals surface area contributed by atoms with Gasteiger partial charge in [0.2, 0.25) is 0 Å². The lowest BCUT2D eigenvalue weighted by Crippen LogP contribution is -2.44. The largest absolute Gasteiger partial charge is 0.334 e. The van der Waals surface area contributed by atoms with Crippen molar-refractivity contribution in [1.29, 1.82) is 0 Å². The van der Waals surface area contributed by atoms with Crippen LogP contribution in [0.2, 0.25) is 0 Å². The molecule has 0 fully saturated rings. The van der Waals surface area contributed by atoms with E-state index >= 15 is 0 Å². The molecule has 0 bridgehead atoms. The van der Waals surface area contributed by atoms with Gasteiger partial charge in [0.25, 0.3) is 0 Å². The van der Waals surface area contributed by atoms with Gasteiger partial charge in [0, 0.05) is 25.3 Å². The second-order valence-electron chi connectivity index (χ2n) is 5.55. The van der Waals surface area contributed by atoms with E-state index in [2.05, 4.69) is 25.6 Å². The molecule has 0 aliphatic carbocycles. The quantitative estimate of drug-likeness (QED) is 0.829. The van der Waals surface area contributed by atoms with Crippen molar-refractivity contribution in [1.82, 2.24) is 35.2 Å². The van der Waals surface area contributed by atoms with E-state index < -0.39 is 0 Å². The molecule has 0 saturated carbocycles. The van der Waals surface area contributed by atoms with Gasteiger partial charge in [-0.15, -0.1) is 0 Å². The number of nitrogens with one attached hydrogen (secondary N) is 2. The highest BCUT2D eigenvalue weighted by Gasteiger charge is 2.14. The molecular weight excluding hydrogens is 282 g/mol. The van der Waals surface area contributed by atoms with E-state index in [9.17, 15) is 4.79 Å². The molecule has 0 saturated heterocycles. The predicted molar refractivity (Wildman–Crippen MR) is 82.4 cm³/mol. The molecule has 0 spiro atoms. The summed E-state index contributed by atoms with van der Waals surface area (Å²) in [4.78, 5) is 17.7. The van der Waals surface area contributed by atoms with Gasteiger partial charge < -0.3 is 10.2 Å². The maximum Gasteiger partial charge on any atom is 0.317 e. The number of hydrogen-bond donors (Lipinski definition) is 2. The Morgan fingerprint density at radius 1 is 1.50 bits per heavy atom. The third-order valence-corrected chi connectivity index (χ3v) is 3.62. The molecule has 0 aliphatic heterocycles. The van der Waals surface area contributed by atoms with Crippen molar-refractivity contribution in [2.75, 3.05) is 13.6 Å². The van der Waals surface area contributed by atoms with E-state index in [4.69, 9.17) is 0 Å². The van der Waals surface area contributed by atoms with Crippen LogP contribution < -0.4 is 5.32 Å². The summed E-state index contributed by atoms with van der Waals surface area (Å²) >= 11 is 0. The van der Waals surface area contributed by atoms with Gasteiger partial charge in [0.05, 0.1) is 12.2 Å². The van der Waals surface area contributed by atoms with E-state index in [0.29, 0.717) is 13.1 Å². The van der Waals surface area contributed by atoms with Crippen LogP contribution in [0.3, 0.4) is 0 Å². The molecular formula is C14H23N7O. The standard InChI is InChI=1S/C14H23N7O/c1-10(7-21-9-15-8-16-21)17-14(22)20(4)6-5-13-11(2)18-19-12(13)3/h8-10H,5-7H2,1-4H3,(H,17,22)(H,18,19)/t10-/m0/s1. The van der Waals surface area contributed by atoms with E-state index in [1.54, 1.807) is 23.0 Å². The molecule has 2 aromatic rings. The van der Waals surface area contributed by atoms with Crippen molar-refractivity contribution in [3.05, 3.63) is 29.6 Å². The smallest absolute Gasteiger partial charge is 0.317 e. The summed E-state index contributed by atoms with van der Waals surface area (Å²) in [5, 5.41) is 14.1. The maximum atomic E-state index is 12.2. The van der Waals surface area contributed by atoms with Crippen molar-refractivity contribution in [2.45, 2.75) is 39.8 Å². The van der Waals surface area contributed by atoms with Crippen LogP contribution in [0.4, 0.5) is 4.79 Å². The number of carbonyl (C=O) groups excluding carboxylic acids is 1. The van der Waals surface area contributed by atoms with Gasteiger partial charge in [-0.25, -0.2) is 9.78 Å². The minimum absolute atomic E-state index is 0.0194. The van der Waals surface area contributed by atoms with Crippen LogP contribution in [0.5, 0.6) is 0 Å². The average Bonchev–Trinajstić information content (AvgIpc) is 3.07. The number of aryl methyl sites for hydroxylation is 2. The molecule has 8 nitrogen and oxygen atoms in total. The Hall–Kier alpha value is -2.38. The van der Waals surface area contributed by atoms with Crippen LogP contribution in [0.15, 0.2) is 12.7 Å². The first-order valence-corrected chi connectivity index (χ1v) is 7.32. The van der Waals surface area contributed by atoms with Crippen LogP contribution in [0.25, 0.3) is 0 Å². The average molecular weight is 305 g/mol.